The number of carbonyl (C=O) groups excluding carboxylic acids is 1. The Kier molecular flexibility index (Phi) is 5.87. The van der Waals surface area contributed by atoms with Crippen LogP contribution in [0.1, 0.15) is 17.0 Å². The molecule has 1 aromatic heterocycles. The van der Waals surface area contributed by atoms with E-state index >= 15 is 0 Å². The molecule has 3 rings (SSSR count). The van der Waals surface area contributed by atoms with E-state index in [0.717, 1.165) is 11.8 Å². The van der Waals surface area contributed by atoms with Crippen LogP contribution in [-0.2, 0) is 11.4 Å². The quantitative estimate of drug-likeness (QED) is 0.498. The topological polar surface area (TPSA) is 90.9 Å². The number of nitrogens with one attached hydrogen (secondary N) is 1. The van der Waals surface area contributed by atoms with Crippen molar-refractivity contribution in [2.24, 2.45) is 0 Å². The van der Waals surface area contributed by atoms with Crippen molar-refractivity contribution in [2.45, 2.75) is 18.7 Å². The number of nitrogens with zero attached hydrogens (tertiary/aromatic N) is 2. The number of benzene rings is 2. The summed E-state index contributed by atoms with van der Waals surface area (Å²) < 4.78 is 19.4. The average molecular weight is 384 g/mol. The Morgan fingerprint density at radius 1 is 1.26 bits per heavy atom. The van der Waals surface area contributed by atoms with Gasteiger partial charge in [0.05, 0.1) is 5.97 Å². The van der Waals surface area contributed by atoms with Gasteiger partial charge in [-0.25, -0.2) is 9.37 Å². The smallest absolute Gasteiger partial charge is 0.213 e. The van der Waals surface area contributed by atoms with Gasteiger partial charge in [-0.05, 0) is 36.9 Å². The molecule has 6 nitrogen and oxygen atoms in total. The number of aryl methyl sites for hydroxylation is 1. The fraction of sp³-hybridized carbons (Fsp3) is 0.105. The number of carbonyl (C=O) groups is 1. The van der Waals surface area contributed by atoms with Crippen LogP contribution in [0.15, 0.2) is 58.6 Å². The molecule has 0 bridgehead atoms. The molecule has 0 unspecified atom stereocenters. The van der Waals surface area contributed by atoms with Gasteiger partial charge in [0.1, 0.15) is 24.0 Å². The zero-order valence-corrected chi connectivity index (χ0v) is 15.1. The summed E-state index contributed by atoms with van der Waals surface area (Å²) in [5, 5.41) is 18.3. The molecule has 3 aromatic rings. The highest BCUT2D eigenvalue weighted by molar-refractivity contribution is 8.04. The lowest BCUT2D eigenvalue weighted by molar-refractivity contribution is -0.297. The molecule has 0 spiro atoms. The fourth-order valence-electron chi connectivity index (χ4n) is 2.24. The number of hydrogen-bond acceptors (Lipinski definition) is 6. The third-order valence-corrected chi connectivity index (χ3v) is 4.40. The molecule has 0 aliphatic carbocycles. The number of aromatic nitrogens is 3. The number of halogens is 1. The molecule has 0 fully saturated rings. The largest absolute Gasteiger partial charge is 0.544 e. The lowest BCUT2D eigenvalue weighted by atomic mass is 10.2. The van der Waals surface area contributed by atoms with Crippen LogP contribution in [0.3, 0.4) is 0 Å². The normalized spacial score (nSPS) is 11.4. The number of para-hydroxylation sites is 1. The van der Waals surface area contributed by atoms with E-state index in [9.17, 15) is 14.3 Å². The number of ether oxygens (including phenoxy) is 1. The molecule has 8 heteroatoms. The summed E-state index contributed by atoms with van der Waals surface area (Å²) in [5.41, 5.74) is 0.926. The number of aliphatic carboxylic acids is 1. The Hall–Kier alpha value is -3.13. The number of thioether (sulfide) groups is 1. The molecular formula is C19H15FN3O3S-. The number of carboxylic acids is 1. The van der Waals surface area contributed by atoms with E-state index in [-0.39, 0.29) is 22.5 Å². The van der Waals surface area contributed by atoms with Crippen molar-refractivity contribution in [3.8, 4) is 5.75 Å². The van der Waals surface area contributed by atoms with Crippen molar-refractivity contribution in [2.75, 3.05) is 0 Å². The third-order valence-electron chi connectivity index (χ3n) is 3.53. The average Bonchev–Trinajstić information content (AvgIpc) is 3.06. The summed E-state index contributed by atoms with van der Waals surface area (Å²) in [7, 11) is 0. The van der Waals surface area contributed by atoms with Gasteiger partial charge >= 0.3 is 0 Å². The van der Waals surface area contributed by atoms with Crippen LogP contribution >= 0.6 is 11.8 Å². The fourth-order valence-corrected chi connectivity index (χ4v) is 2.98. The predicted octanol–water partition coefficient (Wildman–Crippen LogP) is 2.71. The number of H-pyrrole nitrogens is 1. The van der Waals surface area contributed by atoms with E-state index in [1.807, 2.05) is 0 Å². The predicted molar refractivity (Wildman–Crippen MR) is 97.1 cm³/mol. The summed E-state index contributed by atoms with van der Waals surface area (Å²) in [5.74, 6) is -0.724. The molecule has 0 aliphatic heterocycles. The Bertz CT molecular complexity index is 988. The van der Waals surface area contributed by atoms with Gasteiger partial charge in [-0.15, -0.1) is 5.10 Å². The van der Waals surface area contributed by atoms with Crippen molar-refractivity contribution in [3.05, 3.63) is 76.2 Å². The minimum Gasteiger partial charge on any atom is -0.544 e. The van der Waals surface area contributed by atoms with Gasteiger partial charge in [-0.3, -0.25) is 5.10 Å². The zero-order chi connectivity index (χ0) is 19.2. The minimum atomic E-state index is -1.36. The first-order valence-electron chi connectivity index (χ1n) is 7.98. The molecule has 2 aromatic carbocycles. The van der Waals surface area contributed by atoms with E-state index in [0.29, 0.717) is 22.7 Å². The first kappa shape index (κ1) is 18.7. The Balaban J connectivity index is 1.83. The molecule has 1 N–H and O–H groups in total. The van der Waals surface area contributed by atoms with E-state index in [1.165, 1.54) is 12.1 Å². The molecule has 0 amide bonds. The van der Waals surface area contributed by atoms with Crippen LogP contribution in [0.4, 0.5) is 4.39 Å². The number of aromatic amines is 1. The standard InChI is InChI=1S/C19H16FN3O3S/c1-12-21-19(23-22-12)27-17(18(24)25)10-13-6-3-5-9-16(13)26-11-14-7-2-4-8-15(14)20/h2-10H,11H2,1H3,(H,24,25)(H,21,22,23)/p-1/b17-10-. The van der Waals surface area contributed by atoms with Gasteiger partial charge in [0, 0.05) is 16.0 Å². The van der Waals surface area contributed by atoms with Crippen molar-refractivity contribution < 1.29 is 19.0 Å². The number of carboxylic acid groups (broad SMARTS) is 1. The van der Waals surface area contributed by atoms with Gasteiger partial charge in [-0.1, -0.05) is 36.4 Å². The summed E-state index contributed by atoms with van der Waals surface area (Å²) in [6.45, 7) is 1.73. The lowest BCUT2D eigenvalue weighted by Gasteiger charge is -2.11. The monoisotopic (exact) mass is 384 g/mol. The first-order valence-corrected chi connectivity index (χ1v) is 8.79. The second-order valence-corrected chi connectivity index (χ2v) is 6.53. The van der Waals surface area contributed by atoms with Crippen LogP contribution in [-0.4, -0.2) is 21.2 Å². The maximum atomic E-state index is 13.8. The number of hydrogen-bond donors (Lipinski definition) is 1. The van der Waals surface area contributed by atoms with Gasteiger partial charge in [0.25, 0.3) is 0 Å². The van der Waals surface area contributed by atoms with Crippen molar-refractivity contribution in [1.29, 1.82) is 0 Å². The van der Waals surface area contributed by atoms with Gasteiger partial charge in [0.15, 0.2) is 0 Å². The van der Waals surface area contributed by atoms with E-state index in [2.05, 4.69) is 15.2 Å². The van der Waals surface area contributed by atoms with E-state index < -0.39 is 5.97 Å². The van der Waals surface area contributed by atoms with E-state index in [1.54, 1.807) is 49.4 Å². The highest BCUT2D eigenvalue weighted by Crippen LogP contribution is 2.29. The molecule has 1 heterocycles. The van der Waals surface area contributed by atoms with Crippen molar-refractivity contribution in [3.63, 3.8) is 0 Å². The maximum absolute atomic E-state index is 13.8. The van der Waals surface area contributed by atoms with Crippen molar-refractivity contribution >= 4 is 23.8 Å². The molecule has 27 heavy (non-hydrogen) atoms. The Morgan fingerprint density at radius 2 is 2.00 bits per heavy atom. The maximum Gasteiger partial charge on any atom is 0.213 e. The van der Waals surface area contributed by atoms with E-state index in [4.69, 9.17) is 4.74 Å². The molecule has 0 radical (unpaired) electrons. The summed E-state index contributed by atoms with van der Waals surface area (Å²) in [6, 6.07) is 13.2. The van der Waals surface area contributed by atoms with Crippen LogP contribution in [0, 0.1) is 12.7 Å². The van der Waals surface area contributed by atoms with Gasteiger partial charge in [-0.2, -0.15) is 0 Å². The minimum absolute atomic E-state index is 0.0193. The summed E-state index contributed by atoms with van der Waals surface area (Å²) >= 11 is 0.868. The second-order valence-electron chi connectivity index (χ2n) is 5.52. The molecule has 138 valence electrons. The Labute approximate surface area is 159 Å². The van der Waals surface area contributed by atoms with Crippen LogP contribution in [0.2, 0.25) is 0 Å². The molecule has 0 saturated carbocycles. The van der Waals surface area contributed by atoms with Crippen molar-refractivity contribution in [1.82, 2.24) is 15.2 Å². The molecular weight excluding hydrogens is 369 g/mol. The van der Waals surface area contributed by atoms with Gasteiger partial charge in [0.2, 0.25) is 5.16 Å². The molecule has 0 saturated heterocycles. The Morgan fingerprint density at radius 3 is 2.70 bits per heavy atom. The summed E-state index contributed by atoms with van der Waals surface area (Å²) in [4.78, 5) is 15.5. The third kappa shape index (κ3) is 4.95. The summed E-state index contributed by atoms with van der Waals surface area (Å²) in [6.07, 6.45) is 1.42. The second kappa shape index (κ2) is 8.50. The van der Waals surface area contributed by atoms with Crippen LogP contribution in [0.5, 0.6) is 5.75 Å². The first-order chi connectivity index (χ1) is 13.0. The highest BCUT2D eigenvalue weighted by atomic mass is 32.2. The SMILES string of the molecule is Cc1nc(S/C(=C\c2ccccc2OCc2ccccc2F)C(=O)[O-])n[nH]1. The molecule has 0 atom stereocenters. The molecule has 0 aliphatic rings. The lowest BCUT2D eigenvalue weighted by Crippen LogP contribution is -2.23. The highest BCUT2D eigenvalue weighted by Gasteiger charge is 2.10. The van der Waals surface area contributed by atoms with Crippen LogP contribution < -0.4 is 9.84 Å². The van der Waals surface area contributed by atoms with Gasteiger partial charge < -0.3 is 14.6 Å². The zero-order valence-electron chi connectivity index (χ0n) is 14.3. The van der Waals surface area contributed by atoms with Crippen LogP contribution in [0.25, 0.3) is 6.08 Å². The number of rotatable bonds is 7.